The topological polar surface area (TPSA) is 76.8 Å². The highest BCUT2D eigenvalue weighted by molar-refractivity contribution is 6.02. The molecule has 1 unspecified atom stereocenters. The lowest BCUT2D eigenvalue weighted by Gasteiger charge is -2.22. The van der Waals surface area contributed by atoms with Gasteiger partial charge in [0.1, 0.15) is 0 Å². The number of amides is 1. The average molecular weight is 401 g/mol. The third kappa shape index (κ3) is 4.26. The summed E-state index contributed by atoms with van der Waals surface area (Å²) in [4.78, 5) is 12.6. The van der Waals surface area contributed by atoms with Gasteiger partial charge < -0.3 is 10.6 Å². The summed E-state index contributed by atoms with van der Waals surface area (Å²) < 4.78 is 3.71. The van der Waals surface area contributed by atoms with E-state index in [0.29, 0.717) is 17.6 Å². The summed E-state index contributed by atoms with van der Waals surface area (Å²) >= 11 is 0. The molecular formula is C20H25ClN6O. The quantitative estimate of drug-likeness (QED) is 0.704. The van der Waals surface area contributed by atoms with E-state index in [2.05, 4.69) is 20.8 Å². The molecule has 28 heavy (non-hydrogen) atoms. The van der Waals surface area contributed by atoms with Gasteiger partial charge in [0.2, 0.25) is 0 Å². The van der Waals surface area contributed by atoms with E-state index >= 15 is 0 Å². The molecule has 0 bridgehead atoms. The van der Waals surface area contributed by atoms with E-state index in [1.54, 1.807) is 6.07 Å². The minimum Gasteiger partial charge on any atom is -0.315 e. The Morgan fingerprint density at radius 1 is 1.18 bits per heavy atom. The number of benzene rings is 1. The molecule has 1 aliphatic heterocycles. The summed E-state index contributed by atoms with van der Waals surface area (Å²) in [5, 5.41) is 15.2. The predicted octanol–water partition coefficient (Wildman–Crippen LogP) is 3.28. The van der Waals surface area contributed by atoms with Crippen molar-refractivity contribution in [1.29, 1.82) is 0 Å². The predicted molar refractivity (Wildman–Crippen MR) is 112 cm³/mol. The summed E-state index contributed by atoms with van der Waals surface area (Å²) in [7, 11) is 0. The van der Waals surface area contributed by atoms with Crippen molar-refractivity contribution in [2.24, 2.45) is 0 Å². The van der Waals surface area contributed by atoms with Gasteiger partial charge in [-0.05, 0) is 51.4 Å². The molecule has 1 fully saturated rings. The number of carbonyl (C=O) groups is 1. The van der Waals surface area contributed by atoms with Crippen molar-refractivity contribution < 1.29 is 4.79 Å². The molecule has 0 spiro atoms. The first-order valence-corrected chi connectivity index (χ1v) is 9.31. The van der Waals surface area contributed by atoms with E-state index in [-0.39, 0.29) is 18.3 Å². The standard InChI is InChI=1S/C20H24N6O.ClH/c1-14-5-7-16(8-6-14)26-15(2)12-19(24-26)22-20(27)18-9-11-25(23-18)17-4-3-10-21-13-17;/h5-9,11-12,17,21H,3-4,10,13H2,1-2H3,(H,22,24,27);1H. The first-order valence-electron chi connectivity index (χ1n) is 9.31. The zero-order chi connectivity index (χ0) is 18.8. The van der Waals surface area contributed by atoms with Crippen LogP contribution in [0.1, 0.15) is 40.6 Å². The number of hydrogen-bond donors (Lipinski definition) is 2. The second-order valence-electron chi connectivity index (χ2n) is 7.05. The van der Waals surface area contributed by atoms with Crippen LogP contribution >= 0.6 is 12.4 Å². The number of hydrogen-bond acceptors (Lipinski definition) is 4. The molecule has 1 atom stereocenters. The number of rotatable bonds is 4. The summed E-state index contributed by atoms with van der Waals surface area (Å²) in [6.07, 6.45) is 4.08. The lowest BCUT2D eigenvalue weighted by molar-refractivity contribution is 0.102. The number of piperidine rings is 1. The van der Waals surface area contributed by atoms with Crippen LogP contribution in [0.4, 0.5) is 5.82 Å². The highest BCUT2D eigenvalue weighted by Crippen LogP contribution is 2.18. The van der Waals surface area contributed by atoms with Gasteiger partial charge in [0.15, 0.2) is 11.5 Å². The van der Waals surface area contributed by atoms with Crippen LogP contribution in [-0.2, 0) is 0 Å². The maximum atomic E-state index is 12.6. The molecule has 3 aromatic rings. The SMILES string of the molecule is Cc1ccc(-n2nc(NC(=O)c3ccn(C4CCCNC4)n3)cc2C)cc1.Cl. The van der Waals surface area contributed by atoms with Crippen LogP contribution in [-0.4, -0.2) is 38.6 Å². The molecular weight excluding hydrogens is 376 g/mol. The van der Waals surface area contributed by atoms with Crippen molar-refractivity contribution >= 4 is 24.1 Å². The number of nitrogens with one attached hydrogen (secondary N) is 2. The maximum Gasteiger partial charge on any atom is 0.277 e. The van der Waals surface area contributed by atoms with Crippen molar-refractivity contribution in [3.05, 3.63) is 59.5 Å². The first-order chi connectivity index (χ1) is 13.1. The Morgan fingerprint density at radius 3 is 2.68 bits per heavy atom. The lowest BCUT2D eigenvalue weighted by atomic mass is 10.1. The van der Waals surface area contributed by atoms with Crippen LogP contribution in [0.3, 0.4) is 0 Å². The molecule has 1 amide bonds. The Hall–Kier alpha value is -2.64. The molecule has 8 heteroatoms. The van der Waals surface area contributed by atoms with Gasteiger partial charge in [0, 0.05) is 24.5 Å². The fraction of sp³-hybridized carbons (Fsp3) is 0.350. The van der Waals surface area contributed by atoms with Crippen molar-refractivity contribution in [2.75, 3.05) is 18.4 Å². The Balaban J connectivity index is 0.00000225. The summed E-state index contributed by atoms with van der Waals surface area (Å²) in [6, 6.07) is 12.0. The van der Waals surface area contributed by atoms with Gasteiger partial charge in [-0.2, -0.15) is 5.10 Å². The average Bonchev–Trinajstić information content (AvgIpc) is 3.30. The minimum atomic E-state index is -0.244. The van der Waals surface area contributed by atoms with E-state index < -0.39 is 0 Å². The van der Waals surface area contributed by atoms with E-state index in [1.165, 1.54) is 5.56 Å². The van der Waals surface area contributed by atoms with Crippen LogP contribution in [0, 0.1) is 13.8 Å². The molecule has 4 rings (SSSR count). The van der Waals surface area contributed by atoms with E-state index in [1.807, 2.05) is 59.7 Å². The Bertz CT molecular complexity index is 940. The third-order valence-corrected chi connectivity index (χ3v) is 4.89. The summed E-state index contributed by atoms with van der Waals surface area (Å²) in [5.41, 5.74) is 3.52. The molecule has 3 heterocycles. The second-order valence-corrected chi connectivity index (χ2v) is 7.05. The highest BCUT2D eigenvalue weighted by Gasteiger charge is 2.18. The van der Waals surface area contributed by atoms with Crippen molar-refractivity contribution in [1.82, 2.24) is 24.9 Å². The van der Waals surface area contributed by atoms with Crippen LogP contribution in [0.5, 0.6) is 0 Å². The van der Waals surface area contributed by atoms with Gasteiger partial charge in [-0.25, -0.2) is 4.68 Å². The van der Waals surface area contributed by atoms with E-state index in [9.17, 15) is 4.79 Å². The molecule has 2 N–H and O–H groups in total. The lowest BCUT2D eigenvalue weighted by Crippen LogP contribution is -2.32. The first kappa shape index (κ1) is 20.1. The van der Waals surface area contributed by atoms with Gasteiger partial charge in [-0.15, -0.1) is 17.5 Å². The van der Waals surface area contributed by atoms with Crippen LogP contribution < -0.4 is 10.6 Å². The van der Waals surface area contributed by atoms with Gasteiger partial charge >= 0.3 is 0 Å². The van der Waals surface area contributed by atoms with Crippen molar-refractivity contribution in [2.45, 2.75) is 32.7 Å². The normalized spacial score (nSPS) is 16.4. The van der Waals surface area contributed by atoms with Crippen LogP contribution in [0.2, 0.25) is 0 Å². The van der Waals surface area contributed by atoms with Gasteiger partial charge in [0.25, 0.3) is 5.91 Å². The second kappa shape index (κ2) is 8.58. The zero-order valence-corrected chi connectivity index (χ0v) is 16.9. The molecule has 0 saturated carbocycles. The fourth-order valence-corrected chi connectivity index (χ4v) is 3.38. The third-order valence-electron chi connectivity index (χ3n) is 4.89. The molecule has 0 aliphatic carbocycles. The van der Waals surface area contributed by atoms with Crippen molar-refractivity contribution in [3.8, 4) is 5.69 Å². The molecule has 148 valence electrons. The largest absolute Gasteiger partial charge is 0.315 e. The number of aryl methyl sites for hydroxylation is 2. The monoisotopic (exact) mass is 400 g/mol. The number of carbonyl (C=O) groups excluding carboxylic acids is 1. The minimum absolute atomic E-state index is 0. The Morgan fingerprint density at radius 2 is 1.96 bits per heavy atom. The molecule has 1 aromatic carbocycles. The number of nitrogens with zero attached hydrogens (tertiary/aromatic N) is 4. The van der Waals surface area contributed by atoms with E-state index in [0.717, 1.165) is 37.3 Å². The van der Waals surface area contributed by atoms with Crippen molar-refractivity contribution in [3.63, 3.8) is 0 Å². The highest BCUT2D eigenvalue weighted by atomic mass is 35.5. The van der Waals surface area contributed by atoms with Crippen LogP contribution in [0.15, 0.2) is 42.6 Å². The molecule has 1 aliphatic rings. The summed E-state index contributed by atoms with van der Waals surface area (Å²) in [5.74, 6) is 0.276. The molecule has 0 radical (unpaired) electrons. The molecule has 7 nitrogen and oxygen atoms in total. The maximum absolute atomic E-state index is 12.6. The van der Waals surface area contributed by atoms with Gasteiger partial charge in [-0.1, -0.05) is 17.7 Å². The molecule has 2 aromatic heterocycles. The Kier molecular flexibility index (Phi) is 6.16. The zero-order valence-electron chi connectivity index (χ0n) is 16.1. The smallest absolute Gasteiger partial charge is 0.277 e. The summed E-state index contributed by atoms with van der Waals surface area (Å²) in [6.45, 7) is 5.96. The Labute approximate surface area is 170 Å². The molecule has 1 saturated heterocycles. The number of halogens is 1. The van der Waals surface area contributed by atoms with Gasteiger partial charge in [-0.3, -0.25) is 9.48 Å². The van der Waals surface area contributed by atoms with Crippen LogP contribution in [0.25, 0.3) is 5.69 Å². The van der Waals surface area contributed by atoms with Gasteiger partial charge in [0.05, 0.1) is 11.7 Å². The fourth-order valence-electron chi connectivity index (χ4n) is 3.38. The van der Waals surface area contributed by atoms with E-state index in [4.69, 9.17) is 0 Å². The number of aromatic nitrogens is 4. The number of anilines is 1.